The first-order valence-corrected chi connectivity index (χ1v) is 13.8. The first-order chi connectivity index (χ1) is 18.9. The van der Waals surface area contributed by atoms with Crippen LogP contribution < -0.4 is 5.84 Å². The molecule has 2 aromatic carbocycles. The standard InChI is InChI=1S/C32H40N8/c1-31(2,3)27-13-23(11-25(15-27)19-38-9-7-34-21-38)17-29-36-37-30(40(29)33)18-24-12-26(20-39-10-8-35-22-39)16-28(14-24)32(4,5)6/h7-16,21-22H,17-20,33H2,1-6H3. The van der Waals surface area contributed by atoms with Crippen LogP contribution in [0.15, 0.2) is 73.8 Å². The Kier molecular flexibility index (Phi) is 7.36. The van der Waals surface area contributed by atoms with Gasteiger partial charge in [-0.15, -0.1) is 10.2 Å². The van der Waals surface area contributed by atoms with Crippen molar-refractivity contribution in [1.29, 1.82) is 0 Å². The molecule has 0 bridgehead atoms. The van der Waals surface area contributed by atoms with Gasteiger partial charge in [-0.05, 0) is 44.2 Å². The highest BCUT2D eigenvalue weighted by atomic mass is 15.4. The monoisotopic (exact) mass is 536 g/mol. The fourth-order valence-electron chi connectivity index (χ4n) is 4.93. The average molecular weight is 537 g/mol. The number of benzene rings is 2. The number of nitrogens with two attached hydrogens (primary N) is 1. The third kappa shape index (κ3) is 6.50. The molecule has 40 heavy (non-hydrogen) atoms. The molecular formula is C32H40N8. The first-order valence-electron chi connectivity index (χ1n) is 13.8. The molecule has 208 valence electrons. The molecule has 5 rings (SSSR count). The van der Waals surface area contributed by atoms with Crippen molar-refractivity contribution in [2.24, 2.45) is 0 Å². The summed E-state index contributed by atoms with van der Waals surface area (Å²) >= 11 is 0. The van der Waals surface area contributed by atoms with Gasteiger partial charge < -0.3 is 15.0 Å². The second-order valence-electron chi connectivity index (χ2n) is 12.8. The molecule has 3 heterocycles. The highest BCUT2D eigenvalue weighted by molar-refractivity contribution is 5.37. The van der Waals surface area contributed by atoms with E-state index in [0.717, 1.165) is 24.7 Å². The van der Waals surface area contributed by atoms with Crippen LogP contribution in [0.5, 0.6) is 0 Å². The molecule has 0 aliphatic heterocycles. The quantitative estimate of drug-likeness (QED) is 0.273. The van der Waals surface area contributed by atoms with Crippen LogP contribution in [0.1, 0.15) is 86.6 Å². The Bertz CT molecular complexity index is 1450. The molecule has 0 aliphatic rings. The lowest BCUT2D eigenvalue weighted by atomic mass is 9.84. The number of hydrogen-bond donors (Lipinski definition) is 1. The van der Waals surface area contributed by atoms with Gasteiger partial charge in [0.25, 0.3) is 0 Å². The molecule has 3 aromatic heterocycles. The molecule has 0 atom stereocenters. The molecule has 8 nitrogen and oxygen atoms in total. The Balaban J connectivity index is 1.41. The second kappa shape index (κ2) is 10.8. The predicted octanol–water partition coefficient (Wildman–Crippen LogP) is 5.26. The first kappa shape index (κ1) is 27.4. The van der Waals surface area contributed by atoms with Crippen molar-refractivity contribution in [2.75, 3.05) is 5.84 Å². The van der Waals surface area contributed by atoms with Gasteiger partial charge in [0.15, 0.2) is 11.6 Å². The zero-order chi connectivity index (χ0) is 28.5. The Labute approximate surface area is 236 Å². The number of nitrogen functional groups attached to an aromatic ring is 1. The molecule has 0 fully saturated rings. The van der Waals surface area contributed by atoms with Gasteiger partial charge in [-0.3, -0.25) is 0 Å². The van der Waals surface area contributed by atoms with Gasteiger partial charge in [-0.1, -0.05) is 77.9 Å². The Morgan fingerprint density at radius 2 is 1.00 bits per heavy atom. The maximum atomic E-state index is 6.61. The third-order valence-electron chi connectivity index (χ3n) is 7.25. The minimum absolute atomic E-state index is 0.0216. The smallest absolute Gasteiger partial charge is 0.156 e. The molecule has 2 N–H and O–H groups in total. The van der Waals surface area contributed by atoms with Crippen molar-refractivity contribution in [3.8, 4) is 0 Å². The van der Waals surface area contributed by atoms with E-state index in [9.17, 15) is 0 Å². The van der Waals surface area contributed by atoms with E-state index in [1.807, 2.05) is 37.4 Å². The van der Waals surface area contributed by atoms with Gasteiger partial charge in [0.05, 0.1) is 12.7 Å². The van der Waals surface area contributed by atoms with Crippen molar-refractivity contribution in [2.45, 2.75) is 78.3 Å². The third-order valence-corrected chi connectivity index (χ3v) is 7.25. The highest BCUT2D eigenvalue weighted by Gasteiger charge is 2.19. The van der Waals surface area contributed by atoms with Crippen molar-refractivity contribution in [1.82, 2.24) is 34.0 Å². The van der Waals surface area contributed by atoms with Crippen molar-refractivity contribution < 1.29 is 0 Å². The van der Waals surface area contributed by atoms with E-state index in [1.54, 1.807) is 4.68 Å². The maximum Gasteiger partial charge on any atom is 0.156 e. The van der Waals surface area contributed by atoms with Gasteiger partial charge >= 0.3 is 0 Å². The van der Waals surface area contributed by atoms with Gasteiger partial charge in [0.1, 0.15) is 0 Å². The van der Waals surface area contributed by atoms with Crippen LogP contribution >= 0.6 is 0 Å². The summed E-state index contributed by atoms with van der Waals surface area (Å²) in [5.74, 6) is 8.11. The van der Waals surface area contributed by atoms with Crippen LogP contribution in [-0.4, -0.2) is 34.0 Å². The minimum atomic E-state index is 0.0216. The summed E-state index contributed by atoms with van der Waals surface area (Å²) in [5.41, 5.74) is 7.42. The molecule has 0 aliphatic carbocycles. The predicted molar refractivity (Wildman–Crippen MR) is 159 cm³/mol. The topological polar surface area (TPSA) is 92.4 Å². The second-order valence-corrected chi connectivity index (χ2v) is 12.8. The summed E-state index contributed by atoms with van der Waals surface area (Å²) in [6, 6.07) is 13.6. The van der Waals surface area contributed by atoms with Gasteiger partial charge in [-0.25, -0.2) is 14.6 Å². The summed E-state index contributed by atoms with van der Waals surface area (Å²) in [5, 5.41) is 9.04. The fraction of sp³-hybridized carbons (Fsp3) is 0.375. The Morgan fingerprint density at radius 3 is 1.35 bits per heavy atom. The van der Waals surface area contributed by atoms with Gasteiger partial charge in [0, 0.05) is 50.7 Å². The SMILES string of the molecule is CC(C)(C)c1cc(Cc2nnc(Cc3cc(Cn4ccnc4)cc(C(C)(C)C)c3)n2N)cc(Cn2ccnc2)c1. The lowest BCUT2D eigenvalue weighted by Gasteiger charge is -2.22. The van der Waals surface area contributed by atoms with E-state index < -0.39 is 0 Å². The lowest BCUT2D eigenvalue weighted by Crippen LogP contribution is -2.18. The number of nitrogens with zero attached hydrogens (tertiary/aromatic N) is 7. The number of aromatic nitrogens is 7. The van der Waals surface area contributed by atoms with Crippen LogP contribution in [0.25, 0.3) is 0 Å². The molecule has 0 saturated carbocycles. The zero-order valence-corrected chi connectivity index (χ0v) is 24.5. The molecular weight excluding hydrogens is 496 g/mol. The number of imidazole rings is 2. The molecule has 0 radical (unpaired) electrons. The van der Waals surface area contributed by atoms with E-state index in [4.69, 9.17) is 5.84 Å². The van der Waals surface area contributed by atoms with Crippen molar-refractivity contribution in [3.05, 3.63) is 119 Å². The van der Waals surface area contributed by atoms with Crippen LogP contribution in [0.4, 0.5) is 0 Å². The average Bonchev–Trinajstić information content (AvgIpc) is 3.64. The van der Waals surface area contributed by atoms with Gasteiger partial charge in [-0.2, -0.15) is 0 Å². The van der Waals surface area contributed by atoms with Gasteiger partial charge in [0.2, 0.25) is 0 Å². The molecule has 5 aromatic rings. The summed E-state index contributed by atoms with van der Waals surface area (Å²) in [4.78, 5) is 8.38. The van der Waals surface area contributed by atoms with E-state index in [-0.39, 0.29) is 10.8 Å². The van der Waals surface area contributed by atoms with Crippen LogP contribution in [0, 0.1) is 0 Å². The lowest BCUT2D eigenvalue weighted by molar-refractivity contribution is 0.587. The Morgan fingerprint density at radius 1 is 0.600 bits per heavy atom. The zero-order valence-electron chi connectivity index (χ0n) is 24.5. The summed E-state index contributed by atoms with van der Waals surface area (Å²) < 4.78 is 5.84. The van der Waals surface area contributed by atoms with Crippen LogP contribution in [0.2, 0.25) is 0 Å². The van der Waals surface area contributed by atoms with E-state index >= 15 is 0 Å². The molecule has 8 heteroatoms. The number of rotatable bonds is 8. The van der Waals surface area contributed by atoms with Crippen molar-refractivity contribution in [3.63, 3.8) is 0 Å². The van der Waals surface area contributed by atoms with Crippen LogP contribution in [-0.2, 0) is 36.8 Å². The van der Waals surface area contributed by atoms with Crippen LogP contribution in [0.3, 0.4) is 0 Å². The molecule has 0 unspecified atom stereocenters. The highest BCUT2D eigenvalue weighted by Crippen LogP contribution is 2.28. The molecule has 0 amide bonds. The van der Waals surface area contributed by atoms with E-state index in [0.29, 0.717) is 12.8 Å². The largest absolute Gasteiger partial charge is 0.336 e. The molecule has 0 spiro atoms. The van der Waals surface area contributed by atoms with Crippen molar-refractivity contribution >= 4 is 0 Å². The molecule has 0 saturated heterocycles. The summed E-state index contributed by atoms with van der Waals surface area (Å²) in [6.45, 7) is 15.0. The maximum absolute atomic E-state index is 6.61. The summed E-state index contributed by atoms with van der Waals surface area (Å²) in [6.07, 6.45) is 12.5. The summed E-state index contributed by atoms with van der Waals surface area (Å²) in [7, 11) is 0. The number of hydrogen-bond acceptors (Lipinski definition) is 5. The Hall–Kier alpha value is -4.20. The normalized spacial score (nSPS) is 12.2. The van der Waals surface area contributed by atoms with E-state index in [2.05, 4.69) is 107 Å². The fourth-order valence-corrected chi connectivity index (χ4v) is 4.93. The van der Waals surface area contributed by atoms with E-state index in [1.165, 1.54) is 33.4 Å². The minimum Gasteiger partial charge on any atom is -0.336 e.